The lowest BCUT2D eigenvalue weighted by atomic mass is 10.1. The average molecular weight is 437 g/mol. The van der Waals surface area contributed by atoms with Crippen LogP contribution in [0.4, 0.5) is 0 Å². The maximum atomic E-state index is 5.77. The van der Waals surface area contributed by atoms with Gasteiger partial charge in [0.2, 0.25) is 0 Å². The first-order valence-electron chi connectivity index (χ1n) is 7.44. The van der Waals surface area contributed by atoms with E-state index in [-0.39, 0.29) is 24.0 Å². The van der Waals surface area contributed by atoms with Crippen molar-refractivity contribution < 1.29 is 14.2 Å². The third kappa shape index (κ3) is 9.37. The molecule has 23 heavy (non-hydrogen) atoms. The first-order valence-corrected chi connectivity index (χ1v) is 7.44. The second-order valence-electron chi connectivity index (χ2n) is 5.27. The molecule has 0 heterocycles. The zero-order valence-corrected chi connectivity index (χ0v) is 16.6. The Hall–Kier alpha value is -1.38. The highest BCUT2D eigenvalue weighted by atomic mass is 127. The lowest BCUT2D eigenvalue weighted by molar-refractivity contribution is 0.315. The molecule has 6 nitrogen and oxygen atoms in total. The molecule has 0 unspecified atom stereocenters. The smallest absolute Gasteiger partial charge is 0.188 e. The van der Waals surface area contributed by atoms with Crippen LogP contribution < -0.4 is 25.3 Å². The van der Waals surface area contributed by atoms with Gasteiger partial charge in [0.05, 0.1) is 20.8 Å². The van der Waals surface area contributed by atoms with E-state index in [0.29, 0.717) is 42.3 Å². The van der Waals surface area contributed by atoms with Crippen molar-refractivity contribution in [3.8, 4) is 17.2 Å². The van der Waals surface area contributed by atoms with E-state index >= 15 is 0 Å². The van der Waals surface area contributed by atoms with Crippen molar-refractivity contribution in [1.29, 1.82) is 0 Å². The van der Waals surface area contributed by atoms with E-state index in [1.165, 1.54) is 0 Å². The molecule has 1 rings (SSSR count). The molecule has 1 aromatic rings. The largest absolute Gasteiger partial charge is 0.496 e. The standard InChI is InChI=1S/C16H27N3O3.HI/c1-12(2)5-6-18-16(17)19-7-8-22-15-10-13(20-3)9-14(11-15)21-4;/h9-12H,5-8H2,1-4H3,(H3,17,18,19);1H. The Balaban J connectivity index is 0.00000484. The summed E-state index contributed by atoms with van der Waals surface area (Å²) in [6, 6.07) is 5.41. The molecule has 3 N–H and O–H groups in total. The van der Waals surface area contributed by atoms with Crippen LogP contribution in [0, 0.1) is 5.92 Å². The molecule has 0 aromatic heterocycles. The summed E-state index contributed by atoms with van der Waals surface area (Å²) in [4.78, 5) is 4.25. The molecule has 0 saturated heterocycles. The van der Waals surface area contributed by atoms with Crippen LogP contribution in [0.25, 0.3) is 0 Å². The lowest BCUT2D eigenvalue weighted by Gasteiger charge is -2.11. The number of guanidine groups is 1. The van der Waals surface area contributed by atoms with Crippen molar-refractivity contribution in [1.82, 2.24) is 5.32 Å². The second-order valence-corrected chi connectivity index (χ2v) is 5.27. The number of halogens is 1. The Kier molecular flexibility index (Phi) is 11.4. The van der Waals surface area contributed by atoms with E-state index < -0.39 is 0 Å². The predicted molar refractivity (Wildman–Crippen MR) is 104 cm³/mol. The second kappa shape index (κ2) is 12.1. The molecule has 0 aliphatic heterocycles. The van der Waals surface area contributed by atoms with E-state index in [2.05, 4.69) is 24.2 Å². The van der Waals surface area contributed by atoms with Crippen LogP contribution >= 0.6 is 24.0 Å². The summed E-state index contributed by atoms with van der Waals surface area (Å²) in [6.45, 7) is 6.11. The van der Waals surface area contributed by atoms with Gasteiger partial charge in [-0.05, 0) is 12.3 Å². The molecular formula is C16H28IN3O3. The molecule has 132 valence electrons. The van der Waals surface area contributed by atoms with Crippen molar-refractivity contribution >= 4 is 29.9 Å². The zero-order chi connectivity index (χ0) is 16.4. The number of nitrogens with one attached hydrogen (secondary N) is 1. The average Bonchev–Trinajstić information content (AvgIpc) is 2.50. The monoisotopic (exact) mass is 437 g/mol. The molecule has 0 amide bonds. The highest BCUT2D eigenvalue weighted by Gasteiger charge is 2.03. The van der Waals surface area contributed by atoms with Crippen LogP contribution in [-0.2, 0) is 0 Å². The number of rotatable bonds is 9. The van der Waals surface area contributed by atoms with Gasteiger partial charge in [-0.1, -0.05) is 13.8 Å². The maximum absolute atomic E-state index is 5.77. The fourth-order valence-electron chi connectivity index (χ4n) is 1.71. The number of aliphatic imine (C=N–C) groups is 1. The van der Waals surface area contributed by atoms with E-state index in [4.69, 9.17) is 19.9 Å². The van der Waals surface area contributed by atoms with E-state index in [1.807, 2.05) is 12.1 Å². The number of ether oxygens (including phenoxy) is 3. The third-order valence-electron chi connectivity index (χ3n) is 2.99. The van der Waals surface area contributed by atoms with Crippen molar-refractivity contribution in [3.63, 3.8) is 0 Å². The highest BCUT2D eigenvalue weighted by molar-refractivity contribution is 14.0. The topological polar surface area (TPSA) is 78.1 Å². The fourth-order valence-corrected chi connectivity index (χ4v) is 1.71. The van der Waals surface area contributed by atoms with Gasteiger partial charge in [-0.25, -0.2) is 0 Å². The van der Waals surface area contributed by atoms with Gasteiger partial charge in [0.15, 0.2) is 5.96 Å². The quantitative estimate of drug-likeness (QED) is 0.269. The Labute approximate surface area is 155 Å². The van der Waals surface area contributed by atoms with Crippen LogP contribution in [0.5, 0.6) is 17.2 Å². The van der Waals surface area contributed by atoms with E-state index in [9.17, 15) is 0 Å². The van der Waals surface area contributed by atoms with Crippen molar-refractivity contribution in [3.05, 3.63) is 18.2 Å². The van der Waals surface area contributed by atoms with E-state index in [0.717, 1.165) is 13.0 Å². The summed E-state index contributed by atoms with van der Waals surface area (Å²) >= 11 is 0. The molecule has 1 aromatic carbocycles. The molecular weight excluding hydrogens is 409 g/mol. The van der Waals surface area contributed by atoms with E-state index in [1.54, 1.807) is 20.3 Å². The number of hydrogen-bond donors (Lipinski definition) is 2. The minimum absolute atomic E-state index is 0. The fraction of sp³-hybridized carbons (Fsp3) is 0.562. The van der Waals surface area contributed by atoms with Gasteiger partial charge < -0.3 is 25.3 Å². The first-order chi connectivity index (χ1) is 10.5. The molecule has 7 heteroatoms. The molecule has 0 saturated carbocycles. The number of nitrogens with zero attached hydrogens (tertiary/aromatic N) is 1. The summed E-state index contributed by atoms with van der Waals surface area (Å²) in [5.74, 6) is 3.15. The maximum Gasteiger partial charge on any atom is 0.188 e. The summed E-state index contributed by atoms with van der Waals surface area (Å²) in [5.41, 5.74) is 5.77. The molecule has 0 bridgehead atoms. The van der Waals surface area contributed by atoms with Gasteiger partial charge in [0.1, 0.15) is 23.9 Å². The van der Waals surface area contributed by atoms with Crippen LogP contribution in [0.15, 0.2) is 23.2 Å². The molecule has 0 spiro atoms. The zero-order valence-electron chi connectivity index (χ0n) is 14.3. The van der Waals surface area contributed by atoms with Crippen LogP contribution in [0.1, 0.15) is 20.3 Å². The Morgan fingerprint density at radius 2 is 1.70 bits per heavy atom. The summed E-state index contributed by atoms with van der Waals surface area (Å²) < 4.78 is 16.0. The first kappa shape index (κ1) is 21.6. The van der Waals surface area contributed by atoms with Gasteiger partial charge in [0.25, 0.3) is 0 Å². The molecule has 0 radical (unpaired) electrons. The third-order valence-corrected chi connectivity index (χ3v) is 2.99. The van der Waals surface area contributed by atoms with Crippen LogP contribution in [0.2, 0.25) is 0 Å². The molecule has 0 atom stereocenters. The number of methoxy groups -OCH3 is 2. The van der Waals surface area contributed by atoms with Crippen molar-refractivity contribution in [2.24, 2.45) is 16.6 Å². The van der Waals surface area contributed by atoms with Gasteiger partial charge >= 0.3 is 0 Å². The summed E-state index contributed by atoms with van der Waals surface area (Å²) in [5, 5.41) is 3.02. The Bertz CT molecular complexity index is 459. The Morgan fingerprint density at radius 3 is 2.22 bits per heavy atom. The molecule has 0 fully saturated rings. The minimum atomic E-state index is 0. The van der Waals surface area contributed by atoms with Crippen molar-refractivity contribution in [2.45, 2.75) is 20.3 Å². The Morgan fingerprint density at radius 1 is 1.13 bits per heavy atom. The minimum Gasteiger partial charge on any atom is -0.496 e. The highest BCUT2D eigenvalue weighted by Crippen LogP contribution is 2.27. The van der Waals surface area contributed by atoms with Gasteiger partial charge in [-0.15, -0.1) is 24.0 Å². The SMILES string of the molecule is COc1cc(OC)cc(OCCNC(N)=NCCC(C)C)c1.I. The van der Waals surface area contributed by atoms with Crippen molar-refractivity contribution in [2.75, 3.05) is 33.9 Å². The molecule has 0 aliphatic rings. The number of nitrogens with two attached hydrogens (primary N) is 1. The molecule has 0 aliphatic carbocycles. The number of hydrogen-bond acceptors (Lipinski definition) is 4. The van der Waals surface area contributed by atoms with Crippen LogP contribution in [-0.4, -0.2) is 39.9 Å². The van der Waals surface area contributed by atoms with Gasteiger partial charge in [-0.3, -0.25) is 4.99 Å². The predicted octanol–water partition coefficient (Wildman–Crippen LogP) is 2.65. The normalized spacial score (nSPS) is 10.9. The van der Waals surface area contributed by atoms with Gasteiger partial charge in [0, 0.05) is 24.7 Å². The lowest BCUT2D eigenvalue weighted by Crippen LogP contribution is -2.34. The number of benzene rings is 1. The van der Waals surface area contributed by atoms with Crippen LogP contribution in [0.3, 0.4) is 0 Å². The summed E-state index contributed by atoms with van der Waals surface area (Å²) in [6.07, 6.45) is 1.03. The summed E-state index contributed by atoms with van der Waals surface area (Å²) in [7, 11) is 3.21. The van der Waals surface area contributed by atoms with Gasteiger partial charge in [-0.2, -0.15) is 0 Å².